The number of carboxylic acids is 1. The van der Waals surface area contributed by atoms with Crippen LogP contribution in [0, 0.1) is 17.2 Å². The van der Waals surface area contributed by atoms with Crippen molar-refractivity contribution < 1.29 is 37.1 Å². The van der Waals surface area contributed by atoms with Gasteiger partial charge in [0.05, 0.1) is 29.9 Å². The lowest BCUT2D eigenvalue weighted by molar-refractivity contribution is -0.144. The van der Waals surface area contributed by atoms with Gasteiger partial charge in [0, 0.05) is 26.2 Å². The van der Waals surface area contributed by atoms with E-state index < -0.39 is 33.7 Å². The average Bonchev–Trinajstić information content (AvgIpc) is 2.98. The Morgan fingerprint density at radius 3 is 1.88 bits per heavy atom. The van der Waals surface area contributed by atoms with E-state index in [2.05, 4.69) is 11.4 Å². The second-order valence-electron chi connectivity index (χ2n) is 10.5. The third kappa shape index (κ3) is 16.7. The number of ether oxygens (including phenoxy) is 2. The molecule has 0 aliphatic carbocycles. The van der Waals surface area contributed by atoms with Gasteiger partial charge in [0.1, 0.15) is 5.75 Å². The van der Waals surface area contributed by atoms with Crippen LogP contribution in [0.5, 0.6) is 5.75 Å². The Morgan fingerprint density at radius 2 is 1.35 bits per heavy atom. The molecule has 1 amide bonds. The number of benzene rings is 2. The molecule has 0 saturated heterocycles. The number of aliphatic carboxylic acids is 1. The van der Waals surface area contributed by atoms with Crippen molar-refractivity contribution in [1.82, 2.24) is 5.32 Å². The molecule has 11 heteroatoms. The van der Waals surface area contributed by atoms with Crippen molar-refractivity contribution in [3.63, 3.8) is 0 Å². The van der Waals surface area contributed by atoms with Crippen LogP contribution in [-0.4, -0.2) is 62.1 Å². The van der Waals surface area contributed by atoms with Crippen molar-refractivity contribution in [3.05, 3.63) is 54.1 Å². The van der Waals surface area contributed by atoms with E-state index in [9.17, 15) is 23.1 Å². The zero-order valence-electron chi connectivity index (χ0n) is 24.7. The Balaban J connectivity index is 1.40. The molecule has 236 valence electrons. The van der Waals surface area contributed by atoms with Crippen LogP contribution in [0.3, 0.4) is 0 Å². The first-order valence-corrected chi connectivity index (χ1v) is 16.5. The Bertz CT molecular complexity index is 1240. The number of rotatable bonds is 23. The Labute approximate surface area is 255 Å². The summed E-state index contributed by atoms with van der Waals surface area (Å²) in [6, 6.07) is 17.7. The third-order valence-electron chi connectivity index (χ3n) is 6.98. The zero-order chi connectivity index (χ0) is 31.3. The van der Waals surface area contributed by atoms with Crippen LogP contribution in [0.1, 0.15) is 76.2 Å². The van der Waals surface area contributed by atoms with E-state index in [1.807, 2.05) is 48.5 Å². The van der Waals surface area contributed by atoms with E-state index in [0.717, 1.165) is 49.0 Å². The lowest BCUT2D eigenvalue weighted by atomic mass is 10.0. The number of amides is 1. The van der Waals surface area contributed by atoms with Crippen molar-refractivity contribution in [2.75, 3.05) is 32.1 Å². The van der Waals surface area contributed by atoms with E-state index in [1.54, 1.807) is 0 Å². The van der Waals surface area contributed by atoms with Crippen molar-refractivity contribution >= 4 is 22.0 Å². The molecule has 3 N–H and O–H groups in total. The zero-order valence-corrected chi connectivity index (χ0v) is 25.5. The molecule has 10 nitrogen and oxygen atoms in total. The molecular weight excluding hydrogens is 572 g/mol. The summed E-state index contributed by atoms with van der Waals surface area (Å²) in [5, 5.41) is 20.5. The van der Waals surface area contributed by atoms with Crippen molar-refractivity contribution in [2.24, 2.45) is 5.92 Å². The first-order valence-electron chi connectivity index (χ1n) is 14.9. The topological polar surface area (TPSA) is 163 Å². The predicted octanol–water partition coefficient (Wildman–Crippen LogP) is 5.62. The van der Waals surface area contributed by atoms with Gasteiger partial charge in [-0.15, -0.1) is 0 Å². The predicted molar refractivity (Wildman–Crippen MR) is 164 cm³/mol. The molecule has 0 aliphatic heterocycles. The number of carbonyl (C=O) groups excluding carboxylic acids is 1. The highest BCUT2D eigenvalue weighted by atomic mass is 32.2. The second kappa shape index (κ2) is 20.4. The molecule has 2 aromatic rings. The molecule has 0 saturated carbocycles. The molecule has 0 fully saturated rings. The van der Waals surface area contributed by atoms with E-state index >= 15 is 0 Å². The van der Waals surface area contributed by atoms with Gasteiger partial charge >= 0.3 is 5.97 Å². The van der Waals surface area contributed by atoms with Gasteiger partial charge in [-0.2, -0.15) is 13.7 Å². The van der Waals surface area contributed by atoms with E-state index in [4.69, 9.17) is 19.3 Å². The van der Waals surface area contributed by atoms with Crippen LogP contribution in [0.15, 0.2) is 48.5 Å². The number of nitrogens with zero attached hydrogens (tertiary/aromatic N) is 1. The SMILES string of the molecule is N#Cc1ccc(-c2ccc(OCCCCCCCCCCCOCCC(CC(=O)NCCS(=O)(=O)O)C(=O)O)cc2)cc1. The van der Waals surface area contributed by atoms with Gasteiger partial charge in [0.15, 0.2) is 0 Å². The summed E-state index contributed by atoms with van der Waals surface area (Å²) in [4.78, 5) is 23.2. The molecule has 43 heavy (non-hydrogen) atoms. The summed E-state index contributed by atoms with van der Waals surface area (Å²) in [7, 11) is -4.18. The summed E-state index contributed by atoms with van der Waals surface area (Å²) in [5.74, 6) is -2.34. The summed E-state index contributed by atoms with van der Waals surface area (Å²) >= 11 is 0. The summed E-state index contributed by atoms with van der Waals surface area (Å²) in [6.45, 7) is 1.22. The van der Waals surface area contributed by atoms with Crippen LogP contribution in [0.4, 0.5) is 0 Å². The molecule has 1 unspecified atom stereocenters. The number of hydrogen-bond donors (Lipinski definition) is 3. The fourth-order valence-corrected chi connectivity index (χ4v) is 4.83. The molecule has 0 spiro atoms. The van der Waals surface area contributed by atoms with Crippen LogP contribution in [-0.2, 0) is 24.4 Å². The highest BCUT2D eigenvalue weighted by molar-refractivity contribution is 7.85. The molecule has 0 bridgehead atoms. The van der Waals surface area contributed by atoms with Gasteiger partial charge in [0.2, 0.25) is 5.91 Å². The first-order chi connectivity index (χ1) is 20.7. The van der Waals surface area contributed by atoms with Crippen LogP contribution >= 0.6 is 0 Å². The van der Waals surface area contributed by atoms with Crippen LogP contribution in [0.25, 0.3) is 11.1 Å². The normalized spacial score (nSPS) is 11.9. The highest BCUT2D eigenvalue weighted by Gasteiger charge is 2.21. The molecule has 2 aromatic carbocycles. The summed E-state index contributed by atoms with van der Waals surface area (Å²) < 4.78 is 41.4. The Hall–Kier alpha value is -3.46. The molecule has 0 aliphatic rings. The molecular formula is C32H44N2O8S. The lowest BCUT2D eigenvalue weighted by Gasteiger charge is -2.12. The van der Waals surface area contributed by atoms with Gasteiger partial charge in [0.25, 0.3) is 10.1 Å². The monoisotopic (exact) mass is 616 g/mol. The van der Waals surface area contributed by atoms with Crippen molar-refractivity contribution in [3.8, 4) is 22.9 Å². The quantitative estimate of drug-likeness (QED) is 0.106. The molecule has 1 atom stereocenters. The van der Waals surface area contributed by atoms with Crippen molar-refractivity contribution in [2.45, 2.75) is 70.6 Å². The maximum Gasteiger partial charge on any atom is 0.307 e. The Kier molecular flexibility index (Phi) is 17.0. The first kappa shape index (κ1) is 35.7. The number of unbranched alkanes of at least 4 members (excludes halogenated alkanes) is 8. The molecule has 2 rings (SSSR count). The van der Waals surface area contributed by atoms with Gasteiger partial charge in [-0.1, -0.05) is 69.2 Å². The number of carbonyl (C=O) groups is 2. The number of nitriles is 1. The molecule has 0 radical (unpaired) electrons. The minimum Gasteiger partial charge on any atom is -0.494 e. The summed E-state index contributed by atoms with van der Waals surface area (Å²) in [5.41, 5.74) is 2.81. The van der Waals surface area contributed by atoms with Gasteiger partial charge < -0.3 is 19.9 Å². The van der Waals surface area contributed by atoms with Crippen LogP contribution in [0.2, 0.25) is 0 Å². The number of hydrogen-bond acceptors (Lipinski definition) is 7. The van der Waals surface area contributed by atoms with E-state index in [1.165, 1.54) is 25.7 Å². The lowest BCUT2D eigenvalue weighted by Crippen LogP contribution is -2.32. The second-order valence-corrected chi connectivity index (χ2v) is 12.1. The average molecular weight is 617 g/mol. The van der Waals surface area contributed by atoms with Gasteiger partial charge in [-0.3, -0.25) is 14.1 Å². The van der Waals surface area contributed by atoms with Gasteiger partial charge in [-0.25, -0.2) is 0 Å². The highest BCUT2D eigenvalue weighted by Crippen LogP contribution is 2.23. The van der Waals surface area contributed by atoms with Crippen molar-refractivity contribution in [1.29, 1.82) is 5.26 Å². The minimum absolute atomic E-state index is 0.193. The Morgan fingerprint density at radius 1 is 0.814 bits per heavy atom. The van der Waals surface area contributed by atoms with E-state index in [-0.39, 0.29) is 26.0 Å². The maximum absolute atomic E-state index is 11.8. The number of nitrogens with one attached hydrogen (secondary N) is 1. The summed E-state index contributed by atoms with van der Waals surface area (Å²) in [6.07, 6.45) is 9.94. The standard InChI is InChI=1S/C32H44N2O8S/c33-25-26-10-12-27(13-11-26)28-14-16-30(17-15-28)42-21-9-7-5-3-1-2-4-6-8-20-41-22-18-29(32(36)37)24-31(35)34-19-23-43(38,39)40/h10-17,29H,1-9,18-24H2,(H,34,35)(H,36,37)(H,38,39,40). The number of carboxylic acid groups (broad SMARTS) is 1. The molecule has 0 aromatic heterocycles. The minimum atomic E-state index is -4.18. The maximum atomic E-state index is 11.8. The van der Waals surface area contributed by atoms with E-state index in [0.29, 0.717) is 18.8 Å². The molecule has 0 heterocycles. The fourth-order valence-electron chi connectivity index (χ4n) is 4.47. The smallest absolute Gasteiger partial charge is 0.307 e. The van der Waals surface area contributed by atoms with Crippen LogP contribution < -0.4 is 10.1 Å². The van der Waals surface area contributed by atoms with Gasteiger partial charge in [-0.05, 0) is 54.7 Å². The fraction of sp³-hybridized carbons (Fsp3) is 0.531. The third-order valence-corrected chi connectivity index (χ3v) is 7.70. The largest absolute Gasteiger partial charge is 0.494 e.